The molecule has 7 heteroatoms. The van der Waals surface area contributed by atoms with E-state index in [-0.39, 0.29) is 12.5 Å². The molecule has 0 spiro atoms. The summed E-state index contributed by atoms with van der Waals surface area (Å²) >= 11 is 6.90. The summed E-state index contributed by atoms with van der Waals surface area (Å²) in [5, 5.41) is 3.03. The number of aryl methyl sites for hydroxylation is 2. The van der Waals surface area contributed by atoms with Crippen molar-refractivity contribution in [3.8, 4) is 0 Å². The van der Waals surface area contributed by atoms with Gasteiger partial charge < -0.3 is 5.32 Å². The van der Waals surface area contributed by atoms with Gasteiger partial charge in [-0.25, -0.2) is 0 Å². The van der Waals surface area contributed by atoms with Gasteiger partial charge in [-0.2, -0.15) is 0 Å². The first kappa shape index (κ1) is 16.3. The van der Waals surface area contributed by atoms with E-state index in [0.29, 0.717) is 9.21 Å². The van der Waals surface area contributed by atoms with Crippen LogP contribution in [0.5, 0.6) is 0 Å². The highest BCUT2D eigenvalue weighted by Crippen LogP contribution is 2.20. The molecule has 0 aliphatic rings. The lowest BCUT2D eigenvalue weighted by molar-refractivity contribution is -0.120. The number of carbonyl (C=O) groups is 2. The summed E-state index contributed by atoms with van der Waals surface area (Å²) in [5.74, 6) is -0.729. The minimum absolute atomic E-state index is 0.0649. The molecule has 1 aromatic carbocycles. The molecule has 2 amide bonds. The molecule has 0 atom stereocenters. The van der Waals surface area contributed by atoms with E-state index in [1.807, 2.05) is 32.0 Å². The van der Waals surface area contributed by atoms with Crippen molar-refractivity contribution >= 4 is 40.4 Å². The van der Waals surface area contributed by atoms with Gasteiger partial charge in [0.1, 0.15) is 0 Å². The molecule has 2 aromatic rings. The van der Waals surface area contributed by atoms with E-state index < -0.39 is 5.91 Å². The zero-order chi connectivity index (χ0) is 16.1. The molecule has 1 heterocycles. The number of amides is 2. The van der Waals surface area contributed by atoms with Crippen molar-refractivity contribution in [2.45, 2.75) is 13.8 Å². The fourth-order valence-electron chi connectivity index (χ4n) is 1.86. The van der Waals surface area contributed by atoms with Crippen LogP contribution in [0, 0.1) is 13.8 Å². The highest BCUT2D eigenvalue weighted by molar-refractivity contribution is 7.17. The van der Waals surface area contributed by atoms with E-state index >= 15 is 0 Å². The number of rotatable bonds is 4. The normalized spacial score (nSPS) is 10.1. The zero-order valence-corrected chi connectivity index (χ0v) is 13.8. The van der Waals surface area contributed by atoms with Crippen LogP contribution in [0.3, 0.4) is 0 Å². The summed E-state index contributed by atoms with van der Waals surface area (Å²) < 4.78 is 0.521. The van der Waals surface area contributed by atoms with Crippen LogP contribution in [0.1, 0.15) is 20.8 Å². The van der Waals surface area contributed by atoms with Gasteiger partial charge in [-0.1, -0.05) is 29.3 Å². The molecule has 0 saturated carbocycles. The largest absolute Gasteiger partial charge is 0.376 e. The Bertz CT molecular complexity index is 700. The summed E-state index contributed by atoms with van der Waals surface area (Å²) in [6.45, 7) is 4.04. The average Bonchev–Trinajstić information content (AvgIpc) is 2.90. The number of nitrogens with one attached hydrogen (secondary N) is 3. The number of carbonyl (C=O) groups excluding carboxylic acids is 2. The number of hydrogen-bond acceptors (Lipinski definition) is 4. The Morgan fingerprint density at radius 1 is 1.14 bits per heavy atom. The van der Waals surface area contributed by atoms with Gasteiger partial charge in [0.2, 0.25) is 0 Å². The Morgan fingerprint density at radius 2 is 1.91 bits per heavy atom. The predicted molar refractivity (Wildman–Crippen MR) is 89.3 cm³/mol. The molecule has 22 heavy (non-hydrogen) atoms. The van der Waals surface area contributed by atoms with Crippen LogP contribution < -0.4 is 16.2 Å². The second kappa shape index (κ2) is 7.29. The lowest BCUT2D eigenvalue weighted by Gasteiger charge is -2.11. The third-order valence-electron chi connectivity index (χ3n) is 2.93. The van der Waals surface area contributed by atoms with Crippen LogP contribution in [-0.2, 0) is 4.79 Å². The molecule has 0 aliphatic heterocycles. The van der Waals surface area contributed by atoms with Gasteiger partial charge in [0.25, 0.3) is 11.8 Å². The van der Waals surface area contributed by atoms with Crippen LogP contribution in [-0.4, -0.2) is 18.4 Å². The third kappa shape index (κ3) is 4.47. The van der Waals surface area contributed by atoms with Crippen molar-refractivity contribution in [3.63, 3.8) is 0 Å². The van der Waals surface area contributed by atoms with Gasteiger partial charge in [0.05, 0.1) is 15.8 Å². The molecule has 0 unspecified atom stereocenters. The van der Waals surface area contributed by atoms with Crippen molar-refractivity contribution in [3.05, 3.63) is 50.7 Å². The van der Waals surface area contributed by atoms with Crippen molar-refractivity contribution in [2.24, 2.45) is 0 Å². The third-order valence-corrected chi connectivity index (χ3v) is 4.16. The summed E-state index contributed by atoms with van der Waals surface area (Å²) in [7, 11) is 0. The van der Waals surface area contributed by atoms with Crippen molar-refractivity contribution in [1.29, 1.82) is 0 Å². The number of hydrogen-bond donors (Lipinski definition) is 3. The second-order valence-corrected chi connectivity index (χ2v) is 6.49. The molecule has 5 nitrogen and oxygen atoms in total. The molecule has 0 saturated heterocycles. The summed E-state index contributed by atoms with van der Waals surface area (Å²) in [5.41, 5.74) is 7.81. The van der Waals surface area contributed by atoms with Gasteiger partial charge in [-0.15, -0.1) is 11.3 Å². The van der Waals surface area contributed by atoms with Gasteiger partial charge in [0.15, 0.2) is 0 Å². The first-order valence-electron chi connectivity index (χ1n) is 6.61. The molecule has 0 fully saturated rings. The number of anilines is 1. The second-order valence-electron chi connectivity index (χ2n) is 4.78. The molecular formula is C15H16ClN3O2S. The Kier molecular flexibility index (Phi) is 5.41. The maximum Gasteiger partial charge on any atom is 0.279 e. The number of hydrazine groups is 1. The smallest absolute Gasteiger partial charge is 0.279 e. The summed E-state index contributed by atoms with van der Waals surface area (Å²) in [6.07, 6.45) is 0. The maximum absolute atomic E-state index is 11.7. The Hall–Kier alpha value is -2.05. The fraction of sp³-hybridized carbons (Fsp3) is 0.200. The first-order chi connectivity index (χ1) is 10.5. The van der Waals surface area contributed by atoms with Crippen molar-refractivity contribution < 1.29 is 9.59 Å². The molecule has 0 radical (unpaired) electrons. The molecular weight excluding hydrogens is 322 g/mol. The van der Waals surface area contributed by atoms with E-state index in [0.717, 1.165) is 28.2 Å². The van der Waals surface area contributed by atoms with Crippen LogP contribution in [0.25, 0.3) is 0 Å². The van der Waals surface area contributed by atoms with E-state index in [1.165, 1.54) is 0 Å². The molecule has 2 rings (SSSR count). The van der Waals surface area contributed by atoms with Gasteiger partial charge in [-0.3, -0.25) is 20.4 Å². The molecule has 0 aliphatic carbocycles. The topological polar surface area (TPSA) is 70.2 Å². The summed E-state index contributed by atoms with van der Waals surface area (Å²) in [4.78, 5) is 23.9. The van der Waals surface area contributed by atoms with E-state index in [2.05, 4.69) is 16.2 Å². The predicted octanol–water partition coefficient (Wildman–Crippen LogP) is 2.89. The number of thiophene rings is 1. The van der Waals surface area contributed by atoms with Crippen molar-refractivity contribution in [1.82, 2.24) is 10.9 Å². The van der Waals surface area contributed by atoms with Gasteiger partial charge in [0, 0.05) is 5.69 Å². The monoisotopic (exact) mass is 337 g/mol. The molecule has 0 bridgehead atoms. The highest BCUT2D eigenvalue weighted by Gasteiger charge is 2.10. The lowest BCUT2D eigenvalue weighted by atomic mass is 10.1. The standard InChI is InChI=1S/C15H16ClN3O2S/c1-9-3-4-11(10(2)7-9)17-8-14(20)18-19-15(21)12-5-6-13(16)22-12/h3-7,17H,8H2,1-2H3,(H,18,20)(H,19,21). The quantitative estimate of drug-likeness (QED) is 0.751. The van der Waals surface area contributed by atoms with Crippen LogP contribution in [0.2, 0.25) is 4.34 Å². The lowest BCUT2D eigenvalue weighted by Crippen LogP contribution is -2.43. The van der Waals surface area contributed by atoms with Crippen LogP contribution >= 0.6 is 22.9 Å². The Morgan fingerprint density at radius 3 is 2.55 bits per heavy atom. The maximum atomic E-state index is 11.7. The van der Waals surface area contributed by atoms with Gasteiger partial charge >= 0.3 is 0 Å². The summed E-state index contributed by atoms with van der Waals surface area (Å²) in [6, 6.07) is 9.15. The number of halogens is 1. The number of benzene rings is 1. The van der Waals surface area contributed by atoms with Crippen LogP contribution in [0.4, 0.5) is 5.69 Å². The van der Waals surface area contributed by atoms with Gasteiger partial charge in [-0.05, 0) is 37.6 Å². The average molecular weight is 338 g/mol. The minimum Gasteiger partial charge on any atom is -0.376 e. The highest BCUT2D eigenvalue weighted by atomic mass is 35.5. The van der Waals surface area contributed by atoms with E-state index in [1.54, 1.807) is 12.1 Å². The van der Waals surface area contributed by atoms with E-state index in [9.17, 15) is 9.59 Å². The first-order valence-corrected chi connectivity index (χ1v) is 7.81. The Labute approximate surface area is 137 Å². The fourth-order valence-corrected chi connectivity index (χ4v) is 2.79. The SMILES string of the molecule is Cc1ccc(NCC(=O)NNC(=O)c2ccc(Cl)s2)c(C)c1. The van der Waals surface area contributed by atoms with E-state index in [4.69, 9.17) is 11.6 Å². The Balaban J connectivity index is 1.79. The minimum atomic E-state index is -0.392. The molecule has 3 N–H and O–H groups in total. The zero-order valence-electron chi connectivity index (χ0n) is 12.2. The molecule has 116 valence electrons. The van der Waals surface area contributed by atoms with Crippen molar-refractivity contribution in [2.75, 3.05) is 11.9 Å². The van der Waals surface area contributed by atoms with Crippen LogP contribution in [0.15, 0.2) is 30.3 Å². The molecule has 1 aromatic heterocycles.